The zero-order chi connectivity index (χ0) is 15.2. The highest BCUT2D eigenvalue weighted by Crippen LogP contribution is 2.22. The molecule has 0 aromatic heterocycles. The first-order valence-corrected chi connectivity index (χ1v) is 6.61. The zero-order valence-corrected chi connectivity index (χ0v) is 11.5. The Bertz CT molecular complexity index is 394. The summed E-state index contributed by atoms with van der Waals surface area (Å²) in [6.45, 7) is 1.93. The number of hydrogen-bond acceptors (Lipinski definition) is 7. The van der Waals surface area contributed by atoms with Crippen LogP contribution in [-0.4, -0.2) is 38.4 Å². The molecule has 20 heavy (non-hydrogen) atoms. The summed E-state index contributed by atoms with van der Waals surface area (Å²) in [4.78, 5) is 11.6. The van der Waals surface area contributed by atoms with Crippen molar-refractivity contribution in [3.05, 3.63) is 24.1 Å². The van der Waals surface area contributed by atoms with Crippen molar-refractivity contribution in [1.29, 1.82) is 0 Å². The van der Waals surface area contributed by atoms with E-state index in [1.807, 2.05) is 6.92 Å². The molecule has 5 N–H and O–H groups in total. The minimum atomic E-state index is -2.36. The van der Waals surface area contributed by atoms with E-state index in [0.29, 0.717) is 11.5 Å². The lowest BCUT2D eigenvalue weighted by atomic mass is 10.1. The van der Waals surface area contributed by atoms with E-state index in [-0.39, 0.29) is 18.2 Å². The monoisotopic (exact) mass is 286 g/mol. The Hall–Kier alpha value is -1.57. The third kappa shape index (κ3) is 5.20. The number of rotatable bonds is 7. The molecule has 0 spiro atoms. The second kappa shape index (κ2) is 7.28. The van der Waals surface area contributed by atoms with E-state index < -0.39 is 11.9 Å². The lowest BCUT2D eigenvalue weighted by Gasteiger charge is -2.32. The fraction of sp³-hybridized carbons (Fsp3) is 0.615. The van der Waals surface area contributed by atoms with Crippen LogP contribution in [0.5, 0.6) is 0 Å². The van der Waals surface area contributed by atoms with Crippen LogP contribution in [0.15, 0.2) is 24.1 Å². The first-order valence-electron chi connectivity index (χ1n) is 6.61. The maximum atomic E-state index is 11.6. The summed E-state index contributed by atoms with van der Waals surface area (Å²) in [6, 6.07) is 0.146. The SMILES string of the molecule is CC(N)CCCCCC(=O)OC1(O)C=C(O)C=CN1O. The molecule has 7 nitrogen and oxygen atoms in total. The predicted molar refractivity (Wildman–Crippen MR) is 71.3 cm³/mol. The van der Waals surface area contributed by atoms with Crippen molar-refractivity contribution in [3.63, 3.8) is 0 Å². The molecule has 0 radical (unpaired) electrons. The summed E-state index contributed by atoms with van der Waals surface area (Å²) in [6.07, 6.45) is 6.35. The molecule has 1 heterocycles. The van der Waals surface area contributed by atoms with Crippen molar-refractivity contribution < 1.29 is 25.0 Å². The molecule has 0 fully saturated rings. The van der Waals surface area contributed by atoms with E-state index >= 15 is 0 Å². The molecule has 1 aliphatic rings. The van der Waals surface area contributed by atoms with Gasteiger partial charge < -0.3 is 20.7 Å². The average molecular weight is 286 g/mol. The van der Waals surface area contributed by atoms with Crippen LogP contribution in [0.25, 0.3) is 0 Å². The number of hydroxylamine groups is 2. The molecule has 1 aliphatic heterocycles. The van der Waals surface area contributed by atoms with Crippen molar-refractivity contribution in [1.82, 2.24) is 5.06 Å². The number of nitrogens with zero attached hydrogens (tertiary/aromatic N) is 1. The van der Waals surface area contributed by atoms with E-state index in [4.69, 9.17) is 10.5 Å². The van der Waals surface area contributed by atoms with E-state index in [0.717, 1.165) is 37.6 Å². The summed E-state index contributed by atoms with van der Waals surface area (Å²) in [5.74, 6) is -3.32. The number of hydrogen-bond donors (Lipinski definition) is 4. The Kier molecular flexibility index (Phi) is 6.00. The first kappa shape index (κ1) is 16.5. The number of carbonyl (C=O) groups is 1. The number of nitrogens with two attached hydrogens (primary N) is 1. The van der Waals surface area contributed by atoms with Gasteiger partial charge in [0.05, 0.1) is 6.08 Å². The summed E-state index contributed by atoms with van der Waals surface area (Å²) < 4.78 is 4.77. The number of allylic oxidation sites excluding steroid dienone is 1. The van der Waals surface area contributed by atoms with Crippen molar-refractivity contribution in [3.8, 4) is 0 Å². The smallest absolute Gasteiger partial charge is 0.342 e. The lowest BCUT2D eigenvalue weighted by Crippen LogP contribution is -2.47. The van der Waals surface area contributed by atoms with Gasteiger partial charge in [-0.2, -0.15) is 5.06 Å². The molecule has 0 amide bonds. The Morgan fingerprint density at radius 1 is 1.50 bits per heavy atom. The van der Waals surface area contributed by atoms with Crippen LogP contribution < -0.4 is 5.73 Å². The maximum absolute atomic E-state index is 11.6. The van der Waals surface area contributed by atoms with Gasteiger partial charge in [0.1, 0.15) is 5.76 Å². The summed E-state index contributed by atoms with van der Waals surface area (Å²) in [7, 11) is 0. The van der Waals surface area contributed by atoms with Gasteiger partial charge in [-0.15, -0.1) is 0 Å². The highest BCUT2D eigenvalue weighted by molar-refractivity contribution is 5.69. The van der Waals surface area contributed by atoms with Crippen LogP contribution in [-0.2, 0) is 9.53 Å². The summed E-state index contributed by atoms with van der Waals surface area (Å²) in [5.41, 5.74) is 5.61. The minimum absolute atomic E-state index is 0.118. The van der Waals surface area contributed by atoms with E-state index in [1.165, 1.54) is 0 Å². The maximum Gasteiger partial charge on any atom is 0.342 e. The number of unbranched alkanes of at least 4 members (excludes halogenated alkanes) is 2. The first-order chi connectivity index (χ1) is 9.33. The third-order valence-corrected chi connectivity index (χ3v) is 2.86. The topological polar surface area (TPSA) is 116 Å². The van der Waals surface area contributed by atoms with Crippen molar-refractivity contribution in [2.75, 3.05) is 0 Å². The normalized spacial score (nSPS) is 23.4. The Labute approximate surface area is 117 Å². The lowest BCUT2D eigenvalue weighted by molar-refractivity contribution is -0.318. The van der Waals surface area contributed by atoms with Crippen molar-refractivity contribution in [2.24, 2.45) is 5.73 Å². The largest absolute Gasteiger partial charge is 0.508 e. The van der Waals surface area contributed by atoms with Crippen LogP contribution in [0, 0.1) is 0 Å². The Morgan fingerprint density at radius 3 is 2.85 bits per heavy atom. The van der Waals surface area contributed by atoms with Crippen LogP contribution >= 0.6 is 0 Å². The number of aliphatic hydroxyl groups excluding tert-OH is 1. The van der Waals surface area contributed by atoms with Gasteiger partial charge in [0.2, 0.25) is 0 Å². The molecule has 2 unspecified atom stereocenters. The number of carbonyl (C=O) groups excluding carboxylic acids is 1. The molecule has 0 aliphatic carbocycles. The van der Waals surface area contributed by atoms with Gasteiger partial charge in [0.15, 0.2) is 0 Å². The zero-order valence-electron chi connectivity index (χ0n) is 11.5. The number of esters is 1. The average Bonchev–Trinajstić information content (AvgIpc) is 2.33. The second-order valence-electron chi connectivity index (χ2n) is 4.94. The summed E-state index contributed by atoms with van der Waals surface area (Å²) >= 11 is 0. The fourth-order valence-corrected chi connectivity index (χ4v) is 1.77. The van der Waals surface area contributed by atoms with Gasteiger partial charge in [-0.1, -0.05) is 12.8 Å². The molecule has 0 bridgehead atoms. The molecule has 1 rings (SSSR count). The van der Waals surface area contributed by atoms with E-state index in [9.17, 15) is 20.2 Å². The predicted octanol–water partition coefficient (Wildman–Crippen LogP) is 1.13. The molecule has 2 atom stereocenters. The van der Waals surface area contributed by atoms with Crippen molar-refractivity contribution in [2.45, 2.75) is 51.0 Å². The Morgan fingerprint density at radius 2 is 2.20 bits per heavy atom. The molecule has 0 saturated heterocycles. The van der Waals surface area contributed by atoms with Gasteiger partial charge in [0, 0.05) is 18.7 Å². The van der Waals surface area contributed by atoms with Crippen LogP contribution in [0.2, 0.25) is 0 Å². The highest BCUT2D eigenvalue weighted by Gasteiger charge is 2.37. The third-order valence-electron chi connectivity index (χ3n) is 2.86. The van der Waals surface area contributed by atoms with E-state index in [1.54, 1.807) is 0 Å². The quantitative estimate of drug-likeness (QED) is 0.315. The highest BCUT2D eigenvalue weighted by atomic mass is 16.7. The Balaban J connectivity index is 2.33. The van der Waals surface area contributed by atoms with Gasteiger partial charge >= 0.3 is 11.9 Å². The minimum Gasteiger partial charge on any atom is -0.508 e. The molecule has 0 aromatic rings. The van der Waals surface area contributed by atoms with Crippen molar-refractivity contribution >= 4 is 5.97 Å². The standard InChI is InChI=1S/C13H22N2O5/c1-10(14)5-3-2-4-6-12(17)20-13(18)9-11(16)7-8-15(13)19/h7-10,16,18-19H,2-6,14H2,1H3. The van der Waals surface area contributed by atoms with Gasteiger partial charge in [-0.05, 0) is 25.8 Å². The van der Waals surface area contributed by atoms with Gasteiger partial charge in [-0.3, -0.25) is 10.0 Å². The molecular formula is C13H22N2O5. The van der Waals surface area contributed by atoms with Crippen LogP contribution in [0.4, 0.5) is 0 Å². The van der Waals surface area contributed by atoms with E-state index in [2.05, 4.69) is 0 Å². The van der Waals surface area contributed by atoms with Gasteiger partial charge in [-0.25, -0.2) is 0 Å². The molecule has 114 valence electrons. The van der Waals surface area contributed by atoms with Crippen LogP contribution in [0.3, 0.4) is 0 Å². The molecular weight excluding hydrogens is 264 g/mol. The fourth-order valence-electron chi connectivity index (χ4n) is 1.77. The second-order valence-corrected chi connectivity index (χ2v) is 4.94. The summed E-state index contributed by atoms with van der Waals surface area (Å²) in [5, 5.41) is 28.9. The molecule has 0 saturated carbocycles. The molecule has 0 aromatic carbocycles. The van der Waals surface area contributed by atoms with Crippen LogP contribution in [0.1, 0.15) is 39.0 Å². The molecule has 7 heteroatoms. The number of ether oxygens (including phenoxy) is 1. The van der Waals surface area contributed by atoms with Gasteiger partial charge in [0.25, 0.3) is 0 Å². The number of aliphatic hydroxyl groups is 2.